The summed E-state index contributed by atoms with van der Waals surface area (Å²) in [5.41, 5.74) is 1.18. The number of rotatable bonds is 6. The Bertz CT molecular complexity index is 501. The van der Waals surface area contributed by atoms with Crippen molar-refractivity contribution in [3.05, 3.63) is 39.9 Å². The van der Waals surface area contributed by atoms with Crippen molar-refractivity contribution in [3.63, 3.8) is 0 Å². The third-order valence-corrected chi connectivity index (χ3v) is 3.93. The van der Waals surface area contributed by atoms with E-state index in [2.05, 4.69) is 4.90 Å². The molecule has 6 heteroatoms. The van der Waals surface area contributed by atoms with E-state index in [0.29, 0.717) is 0 Å². The summed E-state index contributed by atoms with van der Waals surface area (Å²) in [6.45, 7) is 2.70. The van der Waals surface area contributed by atoms with Gasteiger partial charge in [0.05, 0.1) is 4.92 Å². The predicted octanol–water partition coefficient (Wildman–Crippen LogP) is 2.32. The molecule has 1 aromatic carbocycles. The quantitative estimate of drug-likeness (QED) is 0.642. The first-order chi connectivity index (χ1) is 10.0. The fraction of sp³-hybridized carbons (Fsp3) is 0.533. The number of hydrogen-bond donors (Lipinski definition) is 1. The van der Waals surface area contributed by atoms with Crippen LogP contribution in [0.4, 0.5) is 5.69 Å². The molecule has 1 atom stereocenters. The van der Waals surface area contributed by atoms with Crippen molar-refractivity contribution in [2.24, 2.45) is 5.92 Å². The zero-order valence-corrected chi connectivity index (χ0v) is 11.9. The third kappa shape index (κ3) is 4.82. The number of non-ortho nitro benzene ring substituents is 1. The minimum Gasteiger partial charge on any atom is -0.481 e. The maximum Gasteiger partial charge on any atom is 0.303 e. The highest BCUT2D eigenvalue weighted by Crippen LogP contribution is 2.20. The molecule has 1 aliphatic rings. The van der Waals surface area contributed by atoms with Crippen molar-refractivity contribution in [1.82, 2.24) is 4.90 Å². The molecule has 114 valence electrons. The summed E-state index contributed by atoms with van der Waals surface area (Å²) < 4.78 is 0. The van der Waals surface area contributed by atoms with Gasteiger partial charge in [0.25, 0.3) is 5.69 Å². The smallest absolute Gasteiger partial charge is 0.303 e. The number of benzene rings is 1. The second-order valence-corrected chi connectivity index (χ2v) is 5.58. The number of hydrogen-bond acceptors (Lipinski definition) is 4. The third-order valence-electron chi connectivity index (χ3n) is 3.93. The van der Waals surface area contributed by atoms with E-state index in [9.17, 15) is 14.9 Å². The summed E-state index contributed by atoms with van der Waals surface area (Å²) in [5.74, 6) is -0.481. The van der Waals surface area contributed by atoms with E-state index >= 15 is 0 Å². The molecule has 0 bridgehead atoms. The maximum absolute atomic E-state index is 10.8. The molecule has 0 aliphatic carbocycles. The minimum atomic E-state index is -0.725. The van der Waals surface area contributed by atoms with Crippen molar-refractivity contribution in [1.29, 1.82) is 0 Å². The normalized spacial score (nSPS) is 19.3. The SMILES string of the molecule is O=C(O)CC1CCCN(CCc2ccc([N+](=O)[O-])cc2)C1. The first kappa shape index (κ1) is 15.4. The molecule has 21 heavy (non-hydrogen) atoms. The minimum absolute atomic E-state index is 0.109. The summed E-state index contributed by atoms with van der Waals surface area (Å²) in [5, 5.41) is 19.4. The van der Waals surface area contributed by atoms with Gasteiger partial charge in [0.1, 0.15) is 0 Å². The average molecular weight is 292 g/mol. The van der Waals surface area contributed by atoms with Gasteiger partial charge in [-0.15, -0.1) is 0 Å². The molecule has 1 N–H and O–H groups in total. The maximum atomic E-state index is 10.8. The number of carboxylic acids is 1. The zero-order chi connectivity index (χ0) is 15.2. The van der Waals surface area contributed by atoms with Crippen LogP contribution in [0.1, 0.15) is 24.8 Å². The van der Waals surface area contributed by atoms with E-state index in [4.69, 9.17) is 5.11 Å². The molecular weight excluding hydrogens is 272 g/mol. The van der Waals surface area contributed by atoms with E-state index in [1.54, 1.807) is 12.1 Å². The lowest BCUT2D eigenvalue weighted by atomic mass is 9.94. The van der Waals surface area contributed by atoms with E-state index in [-0.39, 0.29) is 18.0 Å². The topological polar surface area (TPSA) is 83.7 Å². The van der Waals surface area contributed by atoms with Gasteiger partial charge in [-0.2, -0.15) is 0 Å². The van der Waals surface area contributed by atoms with Gasteiger partial charge in [-0.3, -0.25) is 14.9 Å². The Morgan fingerprint density at radius 3 is 2.71 bits per heavy atom. The summed E-state index contributed by atoms with van der Waals surface area (Å²) in [6.07, 6.45) is 3.10. The zero-order valence-electron chi connectivity index (χ0n) is 11.9. The molecule has 1 fully saturated rings. The Hall–Kier alpha value is -1.95. The van der Waals surface area contributed by atoms with Gasteiger partial charge in [-0.25, -0.2) is 0 Å². The molecular formula is C15H20N2O4. The lowest BCUT2D eigenvalue weighted by Gasteiger charge is -2.32. The van der Waals surface area contributed by atoms with Crippen LogP contribution in [0.2, 0.25) is 0 Å². The summed E-state index contributed by atoms with van der Waals surface area (Å²) >= 11 is 0. The summed E-state index contributed by atoms with van der Waals surface area (Å²) in [4.78, 5) is 23.3. The van der Waals surface area contributed by atoms with Gasteiger partial charge in [0, 0.05) is 31.6 Å². The molecule has 0 radical (unpaired) electrons. The predicted molar refractivity (Wildman–Crippen MR) is 78.2 cm³/mol. The first-order valence-corrected chi connectivity index (χ1v) is 7.22. The van der Waals surface area contributed by atoms with Crippen LogP contribution in [-0.4, -0.2) is 40.5 Å². The van der Waals surface area contributed by atoms with Crippen molar-refractivity contribution in [3.8, 4) is 0 Å². The van der Waals surface area contributed by atoms with Gasteiger partial charge < -0.3 is 10.0 Å². The van der Waals surface area contributed by atoms with Crippen LogP contribution in [0.15, 0.2) is 24.3 Å². The molecule has 1 aliphatic heterocycles. The summed E-state index contributed by atoms with van der Waals surface area (Å²) in [6, 6.07) is 6.63. The Labute approximate surface area is 123 Å². The second-order valence-electron chi connectivity index (χ2n) is 5.58. The number of nitro groups is 1. The van der Waals surface area contributed by atoms with E-state index < -0.39 is 10.9 Å². The Balaban J connectivity index is 1.82. The van der Waals surface area contributed by atoms with Crippen molar-refractivity contribution in [2.45, 2.75) is 25.7 Å². The van der Waals surface area contributed by atoms with Gasteiger partial charge >= 0.3 is 5.97 Å². The standard InChI is InChI=1S/C15H20N2O4/c18-15(19)10-13-2-1-8-16(11-13)9-7-12-3-5-14(6-4-12)17(20)21/h3-6,13H,1-2,7-11H2,(H,18,19). The molecule has 0 spiro atoms. The second kappa shape index (κ2) is 7.17. The van der Waals surface area contributed by atoms with Crippen LogP contribution in [0.5, 0.6) is 0 Å². The monoisotopic (exact) mass is 292 g/mol. The number of piperidine rings is 1. The molecule has 0 aromatic heterocycles. The number of carboxylic acid groups (broad SMARTS) is 1. The Morgan fingerprint density at radius 1 is 1.38 bits per heavy atom. The number of carbonyl (C=O) groups is 1. The molecule has 1 aromatic rings. The van der Waals surface area contributed by atoms with Crippen molar-refractivity contribution in [2.75, 3.05) is 19.6 Å². The van der Waals surface area contributed by atoms with Crippen molar-refractivity contribution >= 4 is 11.7 Å². The molecule has 1 saturated heterocycles. The van der Waals surface area contributed by atoms with E-state index in [1.165, 1.54) is 12.1 Å². The fourth-order valence-electron chi connectivity index (χ4n) is 2.84. The van der Waals surface area contributed by atoms with Crippen LogP contribution < -0.4 is 0 Å². The number of likely N-dealkylation sites (tertiary alicyclic amines) is 1. The highest BCUT2D eigenvalue weighted by Gasteiger charge is 2.21. The fourth-order valence-corrected chi connectivity index (χ4v) is 2.84. The van der Waals surface area contributed by atoms with Crippen LogP contribution in [-0.2, 0) is 11.2 Å². The van der Waals surface area contributed by atoms with Gasteiger partial charge in [-0.05, 0) is 37.3 Å². The highest BCUT2D eigenvalue weighted by molar-refractivity contribution is 5.67. The Kier molecular flexibility index (Phi) is 5.27. The van der Waals surface area contributed by atoms with Gasteiger partial charge in [0.15, 0.2) is 0 Å². The number of nitro benzene ring substituents is 1. The highest BCUT2D eigenvalue weighted by atomic mass is 16.6. The largest absolute Gasteiger partial charge is 0.481 e. The molecule has 6 nitrogen and oxygen atoms in total. The van der Waals surface area contributed by atoms with Crippen LogP contribution in [0.3, 0.4) is 0 Å². The lowest BCUT2D eigenvalue weighted by Crippen LogP contribution is -2.37. The molecule has 1 unspecified atom stereocenters. The van der Waals surface area contributed by atoms with Crippen molar-refractivity contribution < 1.29 is 14.8 Å². The molecule has 2 rings (SSSR count). The van der Waals surface area contributed by atoms with Gasteiger partial charge in [0.2, 0.25) is 0 Å². The average Bonchev–Trinajstić information content (AvgIpc) is 2.45. The number of aliphatic carboxylic acids is 1. The van der Waals surface area contributed by atoms with Crippen LogP contribution in [0, 0.1) is 16.0 Å². The number of nitrogens with zero attached hydrogens (tertiary/aromatic N) is 2. The van der Waals surface area contributed by atoms with E-state index in [0.717, 1.165) is 44.5 Å². The van der Waals surface area contributed by atoms with Crippen LogP contribution in [0.25, 0.3) is 0 Å². The molecule has 0 saturated carbocycles. The van der Waals surface area contributed by atoms with Gasteiger partial charge in [-0.1, -0.05) is 12.1 Å². The first-order valence-electron chi connectivity index (χ1n) is 7.22. The Morgan fingerprint density at radius 2 is 2.10 bits per heavy atom. The van der Waals surface area contributed by atoms with E-state index in [1.807, 2.05) is 0 Å². The summed E-state index contributed by atoms with van der Waals surface area (Å²) in [7, 11) is 0. The lowest BCUT2D eigenvalue weighted by molar-refractivity contribution is -0.384. The molecule has 1 heterocycles. The molecule has 0 amide bonds. The van der Waals surface area contributed by atoms with Crippen LogP contribution >= 0.6 is 0 Å².